The largest absolute Gasteiger partial charge is 0.458 e. The van der Waals surface area contributed by atoms with Crippen molar-refractivity contribution in [3.63, 3.8) is 0 Å². The smallest absolute Gasteiger partial charge is 0.269 e. The Morgan fingerprint density at radius 1 is 0.468 bits per heavy atom. The van der Waals surface area contributed by atoms with Crippen molar-refractivity contribution in [1.29, 1.82) is 0 Å². The molecule has 0 aliphatic heterocycles. The molecule has 0 spiro atoms. The summed E-state index contributed by atoms with van der Waals surface area (Å²) in [5, 5.41) is 7.12. The first kappa shape index (κ1) is 34.4. The van der Waals surface area contributed by atoms with Gasteiger partial charge < -0.3 is 13.9 Å². The lowest BCUT2D eigenvalue weighted by Gasteiger charge is -2.12. The number of ether oxygens (including phenoxy) is 1. The fourth-order valence-electron chi connectivity index (χ4n) is 9.86. The minimum absolute atomic E-state index is 0.726. The van der Waals surface area contributed by atoms with Gasteiger partial charge in [0.1, 0.15) is 17.3 Å². The van der Waals surface area contributed by atoms with Gasteiger partial charge in [-0.15, -0.1) is 0 Å². The van der Waals surface area contributed by atoms with E-state index in [0.29, 0.717) is 0 Å². The van der Waals surface area contributed by atoms with Crippen LogP contribution in [0.15, 0.2) is 200 Å². The molecule has 0 amide bonds. The molecule has 0 atom stereocenters. The molecule has 0 bridgehead atoms. The summed E-state index contributed by atoms with van der Waals surface area (Å²) in [7, 11) is 2.20. The molecule has 5 heterocycles. The van der Waals surface area contributed by atoms with E-state index in [1.54, 1.807) is 0 Å². The second-order valence-electron chi connectivity index (χ2n) is 15.8. The average molecular weight is 797 g/mol. The number of imidazole rings is 1. The highest BCUT2D eigenvalue weighted by atomic mass is 16.5. The van der Waals surface area contributed by atoms with E-state index in [0.717, 1.165) is 67.3 Å². The Bertz CT molecular complexity index is 3890. The first-order chi connectivity index (χ1) is 30.7. The molecule has 7 heteroatoms. The predicted molar refractivity (Wildman–Crippen MR) is 251 cm³/mol. The lowest BCUT2D eigenvalue weighted by Crippen LogP contribution is -2.29. The summed E-state index contributed by atoms with van der Waals surface area (Å²) in [6.07, 6.45) is 5.49. The third-order valence-corrected chi connectivity index (χ3v) is 12.4. The zero-order chi connectivity index (χ0) is 40.9. The molecule has 0 fully saturated rings. The van der Waals surface area contributed by atoms with Crippen LogP contribution in [0.2, 0.25) is 0 Å². The highest BCUT2D eigenvalue weighted by Crippen LogP contribution is 2.49. The van der Waals surface area contributed by atoms with Gasteiger partial charge >= 0.3 is 0 Å². The predicted octanol–water partition coefficient (Wildman–Crippen LogP) is 12.7. The average Bonchev–Trinajstić information content (AvgIpc) is 4.07. The molecule has 8 aromatic carbocycles. The monoisotopic (exact) mass is 796 g/mol. The Labute approximate surface area is 355 Å². The number of nitrogens with zero attached hydrogens (tertiary/aromatic N) is 6. The van der Waals surface area contributed by atoms with Crippen LogP contribution in [0.25, 0.3) is 99.3 Å². The van der Waals surface area contributed by atoms with Crippen LogP contribution in [0.1, 0.15) is 0 Å². The Morgan fingerprint density at radius 3 is 1.85 bits per heavy atom. The van der Waals surface area contributed by atoms with E-state index in [9.17, 15) is 0 Å². The van der Waals surface area contributed by atoms with Gasteiger partial charge in [-0.05, 0) is 78.9 Å². The number of benzene rings is 8. The molecule has 62 heavy (non-hydrogen) atoms. The quantitative estimate of drug-likeness (QED) is 0.124. The van der Waals surface area contributed by atoms with Crippen LogP contribution >= 0.6 is 0 Å². The van der Waals surface area contributed by atoms with Crippen LogP contribution in [0.3, 0.4) is 0 Å². The number of hydrogen-bond acceptors (Lipinski definition) is 2. The number of para-hydroxylation sites is 6. The van der Waals surface area contributed by atoms with Gasteiger partial charge in [0.05, 0.1) is 50.0 Å². The molecule has 0 saturated carbocycles. The highest BCUT2D eigenvalue weighted by Gasteiger charge is 2.28. The molecule has 0 N–H and O–H groups in total. The molecular weight excluding hydrogens is 761 g/mol. The summed E-state index contributed by atoms with van der Waals surface area (Å²) in [5.74, 6) is 2.29. The first-order valence-electron chi connectivity index (χ1n) is 20.9. The summed E-state index contributed by atoms with van der Waals surface area (Å²) in [5.41, 5.74) is 12.0. The molecule has 7 nitrogen and oxygen atoms in total. The van der Waals surface area contributed by atoms with Gasteiger partial charge in [0.15, 0.2) is 0 Å². The van der Waals surface area contributed by atoms with E-state index >= 15 is 0 Å². The lowest BCUT2D eigenvalue weighted by molar-refractivity contribution is -0.572. The lowest BCUT2D eigenvalue weighted by atomic mass is 10.0. The number of aromatic nitrogens is 6. The summed E-state index contributed by atoms with van der Waals surface area (Å²) in [6, 6.07) is 67.9. The van der Waals surface area contributed by atoms with E-state index < -0.39 is 0 Å². The maximum absolute atomic E-state index is 6.84. The maximum Gasteiger partial charge on any atom is 0.269 e. The van der Waals surface area contributed by atoms with Crippen molar-refractivity contribution < 1.29 is 9.30 Å². The van der Waals surface area contributed by atoms with Gasteiger partial charge in [0.2, 0.25) is 0 Å². The van der Waals surface area contributed by atoms with Crippen LogP contribution in [0.4, 0.5) is 0 Å². The van der Waals surface area contributed by atoms with E-state index in [2.05, 4.69) is 206 Å². The van der Waals surface area contributed by atoms with Crippen molar-refractivity contribution in [2.45, 2.75) is 0 Å². The minimum Gasteiger partial charge on any atom is -0.458 e. The Balaban J connectivity index is 1.08. The third-order valence-electron chi connectivity index (χ3n) is 12.4. The Kier molecular flexibility index (Phi) is 7.39. The van der Waals surface area contributed by atoms with E-state index in [1.165, 1.54) is 43.5 Å². The van der Waals surface area contributed by atoms with Crippen molar-refractivity contribution in [2.24, 2.45) is 7.05 Å². The summed E-state index contributed by atoms with van der Waals surface area (Å²) in [4.78, 5) is 5.03. The second-order valence-corrected chi connectivity index (χ2v) is 15.8. The van der Waals surface area contributed by atoms with Gasteiger partial charge in [0, 0.05) is 62.8 Å². The molecule has 13 rings (SSSR count). The third kappa shape index (κ3) is 4.93. The highest BCUT2D eigenvalue weighted by molar-refractivity contribution is 6.40. The van der Waals surface area contributed by atoms with E-state index in [1.807, 2.05) is 30.5 Å². The maximum atomic E-state index is 6.84. The fraction of sp³-hybridized carbons (Fsp3) is 0.0182. The van der Waals surface area contributed by atoms with E-state index in [-0.39, 0.29) is 0 Å². The zero-order valence-electron chi connectivity index (χ0n) is 33.6. The van der Waals surface area contributed by atoms with Gasteiger partial charge in [0.25, 0.3) is 6.33 Å². The summed E-state index contributed by atoms with van der Waals surface area (Å²) >= 11 is 0. The van der Waals surface area contributed by atoms with Crippen molar-refractivity contribution >= 4 is 76.5 Å². The number of hydrogen-bond donors (Lipinski definition) is 0. The number of pyridine rings is 1. The van der Waals surface area contributed by atoms with Crippen molar-refractivity contribution in [3.05, 3.63) is 207 Å². The first-order valence-corrected chi connectivity index (χ1v) is 20.9. The van der Waals surface area contributed by atoms with Crippen LogP contribution in [-0.2, 0) is 7.05 Å². The fourth-order valence-corrected chi connectivity index (χ4v) is 9.86. The Hall–Kier alpha value is -8.42. The molecule has 5 aromatic heterocycles. The normalized spacial score (nSPS) is 12.0. The molecule has 292 valence electrons. The standard InChI is InChI=1S/C55H36N6O/c1-57-44-25-10-8-23-41(44)50-53(57)51-43-31-30-40(62-39-22-16-21-38(33-39)59-35-58(36-17-4-2-5-18-36)46-27-12-13-28-47(46)59)34-48(43)61(49-29-14-15-32-56-49)55(51)52-42-24-9-11-26-45(42)60(54(50)52)37-19-6-3-7-20-37/h2-34H,1H3. The minimum atomic E-state index is 0.726. The van der Waals surface area contributed by atoms with Gasteiger partial charge in [-0.2, -0.15) is 0 Å². The van der Waals surface area contributed by atoms with Gasteiger partial charge in [-0.25, -0.2) is 4.98 Å². The topological polar surface area (TPSA) is 45.7 Å². The molecule has 0 unspecified atom stereocenters. The molecule has 0 aliphatic rings. The molecule has 0 saturated heterocycles. The summed E-state index contributed by atoms with van der Waals surface area (Å²) in [6.45, 7) is 0. The van der Waals surface area contributed by atoms with Gasteiger partial charge in [-0.3, -0.25) is 13.7 Å². The number of rotatable bonds is 6. The van der Waals surface area contributed by atoms with Crippen LogP contribution < -0.4 is 9.30 Å². The zero-order valence-corrected chi connectivity index (χ0v) is 33.6. The van der Waals surface area contributed by atoms with Crippen molar-refractivity contribution in [1.82, 2.24) is 23.3 Å². The summed E-state index contributed by atoms with van der Waals surface area (Å²) < 4.78 is 18.2. The van der Waals surface area contributed by atoms with E-state index in [4.69, 9.17) is 9.72 Å². The van der Waals surface area contributed by atoms with Crippen LogP contribution in [0, 0.1) is 6.33 Å². The molecule has 0 aliphatic carbocycles. The van der Waals surface area contributed by atoms with Gasteiger partial charge in [-0.1, -0.05) is 109 Å². The Morgan fingerprint density at radius 2 is 1.08 bits per heavy atom. The van der Waals surface area contributed by atoms with Crippen LogP contribution in [-0.4, -0.2) is 23.3 Å². The van der Waals surface area contributed by atoms with Crippen LogP contribution in [0.5, 0.6) is 11.5 Å². The molecule has 0 radical (unpaired) electrons. The van der Waals surface area contributed by atoms with Crippen molar-refractivity contribution in [2.75, 3.05) is 0 Å². The second kappa shape index (κ2) is 13.3. The van der Waals surface area contributed by atoms with Crippen molar-refractivity contribution in [3.8, 4) is 34.4 Å². The number of aryl methyl sites for hydroxylation is 1. The SMILES string of the molecule is Cn1c2ccccc2c2c1c1c3ccc(Oc4cccc(-[n+]5[c-]n(-c6ccccc6)c6ccccc65)c4)cc3n(-c3ccccn3)c1c1c3ccccc3n(-c3ccccc3)c21. The molecule has 13 aromatic rings. The number of fused-ring (bicyclic) bond motifs is 13. The molecular formula is C55H36N6O.